The molecule has 2 aromatic rings. The Hall–Kier alpha value is -2.25. The van der Waals surface area contributed by atoms with Crippen LogP contribution in [0.5, 0.6) is 5.75 Å². The molecule has 0 unspecified atom stereocenters. The molecule has 1 fully saturated rings. The number of nitrogens with one attached hydrogen (secondary N) is 1. The first kappa shape index (κ1) is 19.5. The molecular formula is C18H21Cl2N5O2. The standard InChI is InChI=1S/C18H21Cl2N5O2/c1-2-21-16-5-6-17(23-22-16)24-7-9-25(10-8-24)18(26)12-27-15-4-3-13(19)11-14(15)20/h3-6,11H,2,7-10,12H2,1H3,(H,21,22). The number of carbonyl (C=O) groups excluding carboxylic acids is 1. The van der Waals surface area contributed by atoms with Crippen molar-refractivity contribution in [3.63, 3.8) is 0 Å². The van der Waals surface area contributed by atoms with Gasteiger partial charge < -0.3 is 19.9 Å². The van der Waals surface area contributed by atoms with Crippen molar-refractivity contribution in [3.8, 4) is 5.75 Å². The zero-order valence-electron chi connectivity index (χ0n) is 15.0. The van der Waals surface area contributed by atoms with Gasteiger partial charge in [0.25, 0.3) is 5.91 Å². The third-order valence-corrected chi connectivity index (χ3v) is 4.74. The summed E-state index contributed by atoms with van der Waals surface area (Å²) in [7, 11) is 0. The minimum atomic E-state index is -0.0748. The second-order valence-corrected chi connectivity index (χ2v) is 6.88. The highest BCUT2D eigenvalue weighted by molar-refractivity contribution is 6.35. The van der Waals surface area contributed by atoms with Crippen molar-refractivity contribution < 1.29 is 9.53 Å². The Morgan fingerprint density at radius 2 is 1.93 bits per heavy atom. The molecule has 0 aliphatic carbocycles. The molecule has 0 spiro atoms. The second-order valence-electron chi connectivity index (χ2n) is 6.04. The Morgan fingerprint density at radius 3 is 2.56 bits per heavy atom. The van der Waals surface area contributed by atoms with Crippen LogP contribution in [0.4, 0.5) is 11.6 Å². The van der Waals surface area contributed by atoms with Crippen molar-refractivity contribution in [3.05, 3.63) is 40.4 Å². The predicted octanol–water partition coefficient (Wildman–Crippen LogP) is 2.94. The lowest BCUT2D eigenvalue weighted by Crippen LogP contribution is -2.50. The number of carbonyl (C=O) groups is 1. The minimum absolute atomic E-state index is 0.0570. The molecule has 1 aromatic carbocycles. The van der Waals surface area contributed by atoms with Crippen LogP contribution < -0.4 is 15.0 Å². The first-order valence-corrected chi connectivity index (χ1v) is 9.50. The molecule has 3 rings (SSSR count). The third kappa shape index (κ3) is 5.14. The molecule has 0 saturated carbocycles. The summed E-state index contributed by atoms with van der Waals surface area (Å²) in [5, 5.41) is 12.4. The number of halogens is 2. The van der Waals surface area contributed by atoms with Gasteiger partial charge in [0.05, 0.1) is 5.02 Å². The quantitative estimate of drug-likeness (QED) is 0.790. The molecule has 1 saturated heterocycles. The number of rotatable bonds is 6. The molecule has 7 nitrogen and oxygen atoms in total. The van der Waals surface area contributed by atoms with E-state index in [2.05, 4.69) is 20.4 Å². The minimum Gasteiger partial charge on any atom is -0.482 e. The van der Waals surface area contributed by atoms with Gasteiger partial charge in [-0.1, -0.05) is 23.2 Å². The number of hydrogen-bond donors (Lipinski definition) is 1. The molecule has 1 N–H and O–H groups in total. The molecule has 1 aliphatic heterocycles. The molecule has 1 aromatic heterocycles. The highest BCUT2D eigenvalue weighted by atomic mass is 35.5. The number of amides is 1. The van der Waals surface area contributed by atoms with Gasteiger partial charge >= 0.3 is 0 Å². The number of anilines is 2. The Morgan fingerprint density at radius 1 is 1.15 bits per heavy atom. The first-order chi connectivity index (χ1) is 13.1. The van der Waals surface area contributed by atoms with E-state index in [4.69, 9.17) is 27.9 Å². The Kier molecular flexibility index (Phi) is 6.58. The molecule has 144 valence electrons. The Bertz CT molecular complexity index is 780. The largest absolute Gasteiger partial charge is 0.482 e. The van der Waals surface area contributed by atoms with E-state index in [0.29, 0.717) is 42.0 Å². The summed E-state index contributed by atoms with van der Waals surface area (Å²) >= 11 is 11.9. The summed E-state index contributed by atoms with van der Waals surface area (Å²) in [5.41, 5.74) is 0. The Labute approximate surface area is 168 Å². The van der Waals surface area contributed by atoms with E-state index in [1.54, 1.807) is 23.1 Å². The lowest BCUT2D eigenvalue weighted by molar-refractivity contribution is -0.133. The van der Waals surface area contributed by atoms with Crippen LogP contribution in [0.2, 0.25) is 10.0 Å². The monoisotopic (exact) mass is 409 g/mol. The first-order valence-electron chi connectivity index (χ1n) is 8.75. The summed E-state index contributed by atoms with van der Waals surface area (Å²) in [6, 6.07) is 8.77. The smallest absolute Gasteiger partial charge is 0.260 e. The van der Waals surface area contributed by atoms with Crippen LogP contribution in [-0.4, -0.2) is 60.3 Å². The van der Waals surface area contributed by atoms with Crippen molar-refractivity contribution in [2.24, 2.45) is 0 Å². The van der Waals surface area contributed by atoms with E-state index >= 15 is 0 Å². The van der Waals surface area contributed by atoms with Crippen molar-refractivity contribution in [2.45, 2.75) is 6.92 Å². The zero-order valence-corrected chi connectivity index (χ0v) is 16.5. The number of hydrogen-bond acceptors (Lipinski definition) is 6. The average molecular weight is 410 g/mol. The maximum atomic E-state index is 12.4. The van der Waals surface area contributed by atoms with Crippen LogP contribution in [0.3, 0.4) is 0 Å². The maximum absolute atomic E-state index is 12.4. The normalized spacial score (nSPS) is 14.2. The summed E-state index contributed by atoms with van der Waals surface area (Å²) in [5.74, 6) is 1.94. The van der Waals surface area contributed by atoms with Crippen LogP contribution in [0, 0.1) is 0 Å². The molecule has 2 heterocycles. The van der Waals surface area contributed by atoms with Gasteiger partial charge in [-0.2, -0.15) is 0 Å². The van der Waals surface area contributed by atoms with Crippen molar-refractivity contribution in [2.75, 3.05) is 49.5 Å². The topological polar surface area (TPSA) is 70.6 Å². The van der Waals surface area contributed by atoms with Gasteiger partial charge in [-0.3, -0.25) is 4.79 Å². The van der Waals surface area contributed by atoms with Gasteiger partial charge in [0, 0.05) is 37.7 Å². The van der Waals surface area contributed by atoms with Gasteiger partial charge in [0.15, 0.2) is 12.4 Å². The number of nitrogens with zero attached hydrogens (tertiary/aromatic N) is 4. The van der Waals surface area contributed by atoms with Crippen molar-refractivity contribution >= 4 is 40.7 Å². The van der Waals surface area contributed by atoms with Gasteiger partial charge in [-0.05, 0) is 37.3 Å². The molecule has 0 bridgehead atoms. The lowest BCUT2D eigenvalue weighted by Gasteiger charge is -2.35. The van der Waals surface area contributed by atoms with Crippen molar-refractivity contribution in [1.82, 2.24) is 15.1 Å². The number of piperazine rings is 1. The van der Waals surface area contributed by atoms with E-state index in [-0.39, 0.29) is 12.5 Å². The summed E-state index contributed by atoms with van der Waals surface area (Å²) in [4.78, 5) is 16.3. The van der Waals surface area contributed by atoms with E-state index < -0.39 is 0 Å². The fraction of sp³-hybridized carbons (Fsp3) is 0.389. The number of benzene rings is 1. The summed E-state index contributed by atoms with van der Waals surface area (Å²) < 4.78 is 5.53. The van der Waals surface area contributed by atoms with Crippen LogP contribution in [0.25, 0.3) is 0 Å². The predicted molar refractivity (Wildman–Crippen MR) is 107 cm³/mol. The zero-order chi connectivity index (χ0) is 19.2. The summed E-state index contributed by atoms with van der Waals surface area (Å²) in [6.07, 6.45) is 0. The van der Waals surface area contributed by atoms with Gasteiger partial charge in [0.1, 0.15) is 11.6 Å². The van der Waals surface area contributed by atoms with Crippen LogP contribution in [-0.2, 0) is 4.79 Å². The van der Waals surface area contributed by atoms with Gasteiger partial charge in [-0.25, -0.2) is 0 Å². The molecule has 27 heavy (non-hydrogen) atoms. The van der Waals surface area contributed by atoms with E-state index in [1.807, 2.05) is 19.1 Å². The third-order valence-electron chi connectivity index (χ3n) is 4.21. The molecule has 1 amide bonds. The van der Waals surface area contributed by atoms with E-state index in [9.17, 15) is 4.79 Å². The highest BCUT2D eigenvalue weighted by Crippen LogP contribution is 2.27. The van der Waals surface area contributed by atoms with Crippen LogP contribution >= 0.6 is 23.2 Å². The second kappa shape index (κ2) is 9.10. The maximum Gasteiger partial charge on any atom is 0.260 e. The van der Waals surface area contributed by atoms with E-state index in [0.717, 1.165) is 18.2 Å². The number of aromatic nitrogens is 2. The molecular weight excluding hydrogens is 389 g/mol. The number of ether oxygens (including phenoxy) is 1. The summed E-state index contributed by atoms with van der Waals surface area (Å²) in [6.45, 7) is 5.36. The van der Waals surface area contributed by atoms with Crippen LogP contribution in [0.1, 0.15) is 6.92 Å². The van der Waals surface area contributed by atoms with Gasteiger partial charge in [0.2, 0.25) is 0 Å². The fourth-order valence-corrected chi connectivity index (χ4v) is 3.24. The Balaban J connectivity index is 1.48. The van der Waals surface area contributed by atoms with Gasteiger partial charge in [-0.15, -0.1) is 10.2 Å². The lowest BCUT2D eigenvalue weighted by atomic mass is 10.3. The fourth-order valence-electron chi connectivity index (χ4n) is 2.78. The highest BCUT2D eigenvalue weighted by Gasteiger charge is 2.22. The molecule has 1 aliphatic rings. The van der Waals surface area contributed by atoms with Crippen molar-refractivity contribution in [1.29, 1.82) is 0 Å². The SMILES string of the molecule is CCNc1ccc(N2CCN(C(=O)COc3ccc(Cl)cc3Cl)CC2)nn1. The molecule has 9 heteroatoms. The molecule has 0 radical (unpaired) electrons. The van der Waals surface area contributed by atoms with E-state index in [1.165, 1.54) is 0 Å². The molecule has 0 atom stereocenters. The van der Waals surface area contributed by atoms with Crippen LogP contribution in [0.15, 0.2) is 30.3 Å². The average Bonchev–Trinajstić information content (AvgIpc) is 2.68.